The van der Waals surface area contributed by atoms with Crippen molar-refractivity contribution >= 4 is 5.69 Å². The molecule has 0 fully saturated rings. The van der Waals surface area contributed by atoms with Crippen LogP contribution in [0.1, 0.15) is 39.0 Å². The minimum atomic E-state index is -0.388. The minimum absolute atomic E-state index is 0.108. The average molecular weight is 313 g/mol. The summed E-state index contributed by atoms with van der Waals surface area (Å²) in [6, 6.07) is 14.4. The van der Waals surface area contributed by atoms with Crippen molar-refractivity contribution in [3.05, 3.63) is 58.6 Å². The minimum Gasteiger partial charge on any atom is -0.494 e. The van der Waals surface area contributed by atoms with Crippen LogP contribution in [0.2, 0.25) is 0 Å². The van der Waals surface area contributed by atoms with E-state index in [0.29, 0.717) is 0 Å². The molecule has 0 unspecified atom stereocenters. The Labute approximate surface area is 137 Å². The van der Waals surface area contributed by atoms with Gasteiger partial charge in [0.05, 0.1) is 11.5 Å². The van der Waals surface area contributed by atoms with Crippen LogP contribution in [-0.4, -0.2) is 11.5 Å². The largest absolute Gasteiger partial charge is 0.494 e. The summed E-state index contributed by atoms with van der Waals surface area (Å²) in [7, 11) is 0. The smallest absolute Gasteiger partial charge is 0.269 e. The van der Waals surface area contributed by atoms with Crippen LogP contribution < -0.4 is 4.74 Å². The lowest BCUT2D eigenvalue weighted by atomic mass is 10.1. The highest BCUT2D eigenvalue weighted by Crippen LogP contribution is 2.24. The van der Waals surface area contributed by atoms with E-state index in [1.807, 2.05) is 24.3 Å². The van der Waals surface area contributed by atoms with E-state index in [2.05, 4.69) is 6.92 Å². The predicted molar refractivity (Wildman–Crippen MR) is 92.8 cm³/mol. The Hall–Kier alpha value is -2.36. The summed E-state index contributed by atoms with van der Waals surface area (Å²) in [4.78, 5) is 10.3. The molecule has 122 valence electrons. The van der Waals surface area contributed by atoms with Crippen molar-refractivity contribution in [3.8, 4) is 16.9 Å². The van der Waals surface area contributed by atoms with E-state index < -0.39 is 0 Å². The lowest BCUT2D eigenvalue weighted by molar-refractivity contribution is -0.384. The van der Waals surface area contributed by atoms with Crippen LogP contribution in [0.15, 0.2) is 48.5 Å². The topological polar surface area (TPSA) is 52.4 Å². The molecule has 2 aromatic rings. The SMILES string of the molecule is CCCCCCCOc1ccc(-c2ccc([N+](=O)[O-])cc2)cc1. The number of non-ortho nitro benzene ring substituents is 1. The van der Waals surface area contributed by atoms with Gasteiger partial charge in [0.2, 0.25) is 0 Å². The second-order valence-electron chi connectivity index (χ2n) is 5.59. The quantitative estimate of drug-likeness (QED) is 0.343. The Balaban J connectivity index is 1.85. The molecule has 4 heteroatoms. The number of rotatable bonds is 9. The molecule has 0 N–H and O–H groups in total. The first-order valence-corrected chi connectivity index (χ1v) is 8.18. The third-order valence-corrected chi connectivity index (χ3v) is 3.78. The number of hydrogen-bond donors (Lipinski definition) is 0. The van der Waals surface area contributed by atoms with Gasteiger partial charge in [0.15, 0.2) is 0 Å². The first-order chi connectivity index (χ1) is 11.2. The van der Waals surface area contributed by atoms with Crippen LogP contribution in [-0.2, 0) is 0 Å². The Morgan fingerprint density at radius 1 is 0.870 bits per heavy atom. The van der Waals surface area contributed by atoms with Crippen molar-refractivity contribution in [2.24, 2.45) is 0 Å². The molecule has 0 saturated heterocycles. The lowest BCUT2D eigenvalue weighted by Crippen LogP contribution is -1.97. The van der Waals surface area contributed by atoms with Crippen LogP contribution in [0.25, 0.3) is 11.1 Å². The third-order valence-electron chi connectivity index (χ3n) is 3.78. The van der Waals surface area contributed by atoms with Crippen LogP contribution >= 0.6 is 0 Å². The number of ether oxygens (including phenoxy) is 1. The molecule has 0 aliphatic heterocycles. The van der Waals surface area contributed by atoms with Gasteiger partial charge in [0.1, 0.15) is 5.75 Å². The molecule has 0 amide bonds. The molecule has 4 nitrogen and oxygen atoms in total. The van der Waals surface area contributed by atoms with E-state index in [4.69, 9.17) is 4.74 Å². The molecule has 0 saturated carbocycles. The van der Waals surface area contributed by atoms with E-state index in [-0.39, 0.29) is 10.6 Å². The highest BCUT2D eigenvalue weighted by Gasteiger charge is 2.05. The zero-order valence-corrected chi connectivity index (χ0v) is 13.5. The molecule has 0 atom stereocenters. The maximum atomic E-state index is 10.7. The molecule has 0 aliphatic rings. The first kappa shape index (κ1) is 17.0. The zero-order chi connectivity index (χ0) is 16.5. The van der Waals surface area contributed by atoms with Gasteiger partial charge >= 0.3 is 0 Å². The van der Waals surface area contributed by atoms with E-state index in [0.717, 1.165) is 29.9 Å². The highest BCUT2D eigenvalue weighted by atomic mass is 16.6. The van der Waals surface area contributed by atoms with E-state index in [1.54, 1.807) is 12.1 Å². The fraction of sp³-hybridized carbons (Fsp3) is 0.368. The fourth-order valence-corrected chi connectivity index (χ4v) is 2.41. The number of unbranched alkanes of at least 4 members (excludes halogenated alkanes) is 4. The Morgan fingerprint density at radius 3 is 2.00 bits per heavy atom. The van der Waals surface area contributed by atoms with Crippen molar-refractivity contribution in [2.45, 2.75) is 39.0 Å². The molecule has 0 spiro atoms. The van der Waals surface area contributed by atoms with Gasteiger partial charge in [-0.05, 0) is 41.8 Å². The average Bonchev–Trinajstić information content (AvgIpc) is 2.58. The summed E-state index contributed by atoms with van der Waals surface area (Å²) in [6.07, 6.45) is 6.13. The maximum absolute atomic E-state index is 10.7. The predicted octanol–water partition coefficient (Wildman–Crippen LogP) is 5.61. The lowest BCUT2D eigenvalue weighted by Gasteiger charge is -2.07. The second kappa shape index (κ2) is 8.93. The van der Waals surface area contributed by atoms with Gasteiger partial charge in [-0.3, -0.25) is 10.1 Å². The normalized spacial score (nSPS) is 10.5. The first-order valence-electron chi connectivity index (χ1n) is 8.18. The molecule has 0 aliphatic carbocycles. The molecule has 0 radical (unpaired) electrons. The summed E-state index contributed by atoms with van der Waals surface area (Å²) >= 11 is 0. The van der Waals surface area contributed by atoms with E-state index in [9.17, 15) is 10.1 Å². The van der Waals surface area contributed by atoms with Crippen LogP contribution in [0.4, 0.5) is 5.69 Å². The molecule has 0 bridgehead atoms. The highest BCUT2D eigenvalue weighted by molar-refractivity contribution is 5.65. The number of nitrogens with zero attached hydrogens (tertiary/aromatic N) is 1. The third kappa shape index (κ3) is 5.40. The standard InChI is InChI=1S/C19H23NO3/c1-2-3-4-5-6-15-23-19-13-9-17(10-14-19)16-7-11-18(12-8-16)20(21)22/h7-14H,2-6,15H2,1H3. The van der Waals surface area contributed by atoms with Crippen molar-refractivity contribution in [1.29, 1.82) is 0 Å². The summed E-state index contributed by atoms with van der Waals surface area (Å²) in [5.41, 5.74) is 2.09. The number of nitro benzene ring substituents is 1. The van der Waals surface area contributed by atoms with Crippen LogP contribution in [0.5, 0.6) is 5.75 Å². The van der Waals surface area contributed by atoms with Gasteiger partial charge in [0, 0.05) is 12.1 Å². The van der Waals surface area contributed by atoms with Gasteiger partial charge in [0.25, 0.3) is 5.69 Å². The fourth-order valence-electron chi connectivity index (χ4n) is 2.41. The number of benzene rings is 2. The molecule has 2 aromatic carbocycles. The molecule has 0 heterocycles. The van der Waals surface area contributed by atoms with Crippen molar-refractivity contribution in [1.82, 2.24) is 0 Å². The molecule has 2 rings (SSSR count). The second-order valence-corrected chi connectivity index (χ2v) is 5.59. The van der Waals surface area contributed by atoms with Gasteiger partial charge < -0.3 is 4.74 Å². The van der Waals surface area contributed by atoms with Crippen molar-refractivity contribution in [2.75, 3.05) is 6.61 Å². The Kier molecular flexibility index (Phi) is 6.60. The van der Waals surface area contributed by atoms with Crippen molar-refractivity contribution < 1.29 is 9.66 Å². The monoisotopic (exact) mass is 313 g/mol. The van der Waals surface area contributed by atoms with Gasteiger partial charge in [-0.25, -0.2) is 0 Å². The molecular formula is C19H23NO3. The summed E-state index contributed by atoms with van der Waals surface area (Å²) in [5.74, 6) is 0.867. The Morgan fingerprint density at radius 2 is 1.43 bits per heavy atom. The maximum Gasteiger partial charge on any atom is 0.269 e. The zero-order valence-electron chi connectivity index (χ0n) is 13.5. The number of hydrogen-bond acceptors (Lipinski definition) is 3. The van der Waals surface area contributed by atoms with E-state index >= 15 is 0 Å². The van der Waals surface area contributed by atoms with E-state index in [1.165, 1.54) is 37.8 Å². The molecule has 23 heavy (non-hydrogen) atoms. The van der Waals surface area contributed by atoms with Gasteiger partial charge in [-0.15, -0.1) is 0 Å². The van der Waals surface area contributed by atoms with Crippen LogP contribution in [0, 0.1) is 10.1 Å². The Bertz CT molecular complexity index is 606. The summed E-state index contributed by atoms with van der Waals surface area (Å²) < 4.78 is 5.74. The van der Waals surface area contributed by atoms with Gasteiger partial charge in [-0.1, -0.05) is 44.7 Å². The van der Waals surface area contributed by atoms with Gasteiger partial charge in [-0.2, -0.15) is 0 Å². The summed E-state index contributed by atoms with van der Waals surface area (Å²) in [5, 5.41) is 10.7. The van der Waals surface area contributed by atoms with Crippen LogP contribution in [0.3, 0.4) is 0 Å². The number of nitro groups is 1. The summed E-state index contributed by atoms with van der Waals surface area (Å²) in [6.45, 7) is 2.96. The van der Waals surface area contributed by atoms with Crippen molar-refractivity contribution in [3.63, 3.8) is 0 Å². The molecule has 0 aromatic heterocycles. The molecular weight excluding hydrogens is 290 g/mol.